The molecule has 1 rings (SSSR count). The monoisotopic (exact) mass is 228 g/mol. The van der Waals surface area contributed by atoms with Gasteiger partial charge in [-0.2, -0.15) is 0 Å². The highest BCUT2D eigenvalue weighted by atomic mass is 16.4. The van der Waals surface area contributed by atoms with E-state index in [-0.39, 0.29) is 17.7 Å². The molecule has 4 N–H and O–H groups in total. The molecule has 5 nitrogen and oxygen atoms in total. The maximum absolute atomic E-state index is 11.8. The highest BCUT2D eigenvalue weighted by Gasteiger charge is 2.48. The lowest BCUT2D eigenvalue weighted by Crippen LogP contribution is -2.55. The topological polar surface area (TPSA) is 92.4 Å². The molecule has 1 fully saturated rings. The Bertz CT molecular complexity index is 289. The summed E-state index contributed by atoms with van der Waals surface area (Å²) in [5, 5.41) is 11.8. The molecule has 0 aliphatic heterocycles. The fraction of sp³-hybridized carbons (Fsp3) is 0.818. The Morgan fingerprint density at radius 1 is 1.56 bits per heavy atom. The Hall–Kier alpha value is -1.10. The van der Waals surface area contributed by atoms with Crippen LogP contribution >= 0.6 is 0 Å². The first-order valence-electron chi connectivity index (χ1n) is 5.67. The van der Waals surface area contributed by atoms with Crippen molar-refractivity contribution >= 4 is 11.9 Å². The van der Waals surface area contributed by atoms with Gasteiger partial charge < -0.3 is 16.2 Å². The molecule has 2 unspecified atom stereocenters. The normalized spacial score (nSPS) is 20.9. The van der Waals surface area contributed by atoms with Crippen molar-refractivity contribution < 1.29 is 14.7 Å². The molecule has 0 radical (unpaired) electrons. The molecule has 1 aliphatic carbocycles. The van der Waals surface area contributed by atoms with Gasteiger partial charge in [-0.25, -0.2) is 4.79 Å². The number of carbonyl (C=O) groups excluding carboxylic acids is 1. The molecule has 92 valence electrons. The molecule has 2 atom stereocenters. The molecule has 0 aromatic rings. The van der Waals surface area contributed by atoms with Gasteiger partial charge in [-0.15, -0.1) is 0 Å². The number of carboxylic acids is 1. The van der Waals surface area contributed by atoms with Crippen molar-refractivity contribution in [2.24, 2.45) is 17.6 Å². The number of nitrogens with one attached hydrogen (secondary N) is 1. The molecule has 0 spiro atoms. The van der Waals surface area contributed by atoms with Crippen LogP contribution in [0.1, 0.15) is 33.1 Å². The molecule has 0 saturated heterocycles. The van der Waals surface area contributed by atoms with Crippen molar-refractivity contribution in [3.05, 3.63) is 0 Å². The van der Waals surface area contributed by atoms with Crippen LogP contribution in [0.25, 0.3) is 0 Å². The Kier molecular flexibility index (Phi) is 3.91. The molecule has 1 aliphatic rings. The van der Waals surface area contributed by atoms with Crippen LogP contribution in [-0.4, -0.2) is 29.1 Å². The van der Waals surface area contributed by atoms with Gasteiger partial charge in [0.2, 0.25) is 5.91 Å². The summed E-state index contributed by atoms with van der Waals surface area (Å²) in [6.07, 6.45) is 2.31. The molecule has 0 bridgehead atoms. The van der Waals surface area contributed by atoms with E-state index in [1.165, 1.54) is 0 Å². The number of amides is 1. The van der Waals surface area contributed by atoms with E-state index in [9.17, 15) is 9.59 Å². The lowest BCUT2D eigenvalue weighted by atomic mass is 9.94. The van der Waals surface area contributed by atoms with E-state index in [0.29, 0.717) is 13.0 Å². The van der Waals surface area contributed by atoms with Gasteiger partial charge in [-0.3, -0.25) is 4.79 Å². The Balaban J connectivity index is 2.62. The lowest BCUT2D eigenvalue weighted by Gasteiger charge is -2.27. The highest BCUT2D eigenvalue weighted by Crippen LogP contribution is 2.39. The van der Waals surface area contributed by atoms with E-state index in [1.807, 2.05) is 0 Å². The zero-order valence-corrected chi connectivity index (χ0v) is 9.82. The largest absolute Gasteiger partial charge is 0.480 e. The summed E-state index contributed by atoms with van der Waals surface area (Å²) < 4.78 is 0. The SMILES string of the molecule is CC(CCN)C(=O)NC(C)(C(=O)O)C1CC1. The Labute approximate surface area is 95.4 Å². The molecule has 16 heavy (non-hydrogen) atoms. The highest BCUT2D eigenvalue weighted by molar-refractivity contribution is 5.88. The summed E-state index contributed by atoms with van der Waals surface area (Å²) in [7, 11) is 0. The van der Waals surface area contributed by atoms with Gasteiger partial charge in [-0.05, 0) is 38.6 Å². The number of carbonyl (C=O) groups is 2. The molecule has 1 amide bonds. The van der Waals surface area contributed by atoms with Crippen molar-refractivity contribution in [3.63, 3.8) is 0 Å². The standard InChI is InChI=1S/C11H20N2O3/c1-7(5-6-12)9(14)13-11(2,10(15)16)8-3-4-8/h7-8H,3-6,12H2,1-2H3,(H,13,14)(H,15,16). The van der Waals surface area contributed by atoms with E-state index in [4.69, 9.17) is 10.8 Å². The van der Waals surface area contributed by atoms with Crippen molar-refractivity contribution in [1.29, 1.82) is 0 Å². The van der Waals surface area contributed by atoms with Crippen LogP contribution in [0.5, 0.6) is 0 Å². The number of rotatable bonds is 6. The summed E-state index contributed by atoms with van der Waals surface area (Å²) >= 11 is 0. The van der Waals surface area contributed by atoms with Gasteiger partial charge in [0, 0.05) is 5.92 Å². The first-order chi connectivity index (χ1) is 7.41. The quantitative estimate of drug-likeness (QED) is 0.611. The van der Waals surface area contributed by atoms with Crippen molar-refractivity contribution in [3.8, 4) is 0 Å². The maximum Gasteiger partial charge on any atom is 0.329 e. The molecular weight excluding hydrogens is 208 g/mol. The van der Waals surface area contributed by atoms with E-state index in [0.717, 1.165) is 12.8 Å². The fourth-order valence-electron chi connectivity index (χ4n) is 1.75. The summed E-state index contributed by atoms with van der Waals surface area (Å²) in [6, 6.07) is 0. The molecule has 0 heterocycles. The summed E-state index contributed by atoms with van der Waals surface area (Å²) in [5.41, 5.74) is 4.26. The second-order valence-electron chi connectivity index (χ2n) is 4.75. The van der Waals surface area contributed by atoms with E-state index in [1.54, 1.807) is 13.8 Å². The van der Waals surface area contributed by atoms with Crippen LogP contribution in [0.2, 0.25) is 0 Å². The maximum atomic E-state index is 11.8. The van der Waals surface area contributed by atoms with E-state index < -0.39 is 11.5 Å². The predicted octanol–water partition coefficient (Wildman–Crippen LogP) is 0.341. The van der Waals surface area contributed by atoms with Gasteiger partial charge in [-0.1, -0.05) is 6.92 Å². The Morgan fingerprint density at radius 3 is 2.50 bits per heavy atom. The Morgan fingerprint density at radius 2 is 2.12 bits per heavy atom. The number of hydrogen-bond donors (Lipinski definition) is 3. The zero-order valence-electron chi connectivity index (χ0n) is 9.82. The minimum atomic E-state index is -1.11. The minimum absolute atomic E-state index is 0.0685. The average molecular weight is 228 g/mol. The van der Waals surface area contributed by atoms with Crippen molar-refractivity contribution in [2.75, 3.05) is 6.54 Å². The third-order valence-electron chi connectivity index (χ3n) is 3.27. The van der Waals surface area contributed by atoms with Gasteiger partial charge in [0.1, 0.15) is 5.54 Å². The molecule has 1 saturated carbocycles. The molecule has 5 heteroatoms. The average Bonchev–Trinajstić information content (AvgIpc) is 3.00. The number of nitrogens with two attached hydrogens (primary N) is 1. The summed E-state index contributed by atoms with van der Waals surface area (Å²) in [4.78, 5) is 22.9. The summed E-state index contributed by atoms with van der Waals surface area (Å²) in [6.45, 7) is 3.78. The zero-order chi connectivity index (χ0) is 12.3. The number of aliphatic carboxylic acids is 1. The molecule has 0 aromatic heterocycles. The van der Waals surface area contributed by atoms with E-state index >= 15 is 0 Å². The number of hydrogen-bond acceptors (Lipinski definition) is 3. The van der Waals surface area contributed by atoms with Crippen molar-refractivity contribution in [2.45, 2.75) is 38.6 Å². The first-order valence-corrected chi connectivity index (χ1v) is 5.67. The smallest absolute Gasteiger partial charge is 0.329 e. The third kappa shape index (κ3) is 2.72. The van der Waals surface area contributed by atoms with Crippen LogP contribution in [0, 0.1) is 11.8 Å². The van der Waals surface area contributed by atoms with Crippen LogP contribution in [0.4, 0.5) is 0 Å². The van der Waals surface area contributed by atoms with Crippen LogP contribution in [0.15, 0.2) is 0 Å². The van der Waals surface area contributed by atoms with E-state index in [2.05, 4.69) is 5.32 Å². The van der Waals surface area contributed by atoms with Gasteiger partial charge in [0.15, 0.2) is 0 Å². The first kappa shape index (κ1) is 13.0. The van der Waals surface area contributed by atoms with Crippen LogP contribution in [-0.2, 0) is 9.59 Å². The molecule has 0 aromatic carbocycles. The van der Waals surface area contributed by atoms with Gasteiger partial charge >= 0.3 is 5.97 Å². The second-order valence-corrected chi connectivity index (χ2v) is 4.75. The van der Waals surface area contributed by atoms with Gasteiger partial charge in [0.25, 0.3) is 0 Å². The third-order valence-corrected chi connectivity index (χ3v) is 3.27. The van der Waals surface area contributed by atoms with Gasteiger partial charge in [0.05, 0.1) is 0 Å². The fourth-order valence-corrected chi connectivity index (χ4v) is 1.75. The number of carboxylic acid groups (broad SMARTS) is 1. The van der Waals surface area contributed by atoms with Crippen molar-refractivity contribution in [1.82, 2.24) is 5.32 Å². The predicted molar refractivity (Wildman–Crippen MR) is 59.7 cm³/mol. The second kappa shape index (κ2) is 4.82. The van der Waals surface area contributed by atoms with Crippen LogP contribution in [0.3, 0.4) is 0 Å². The lowest BCUT2D eigenvalue weighted by molar-refractivity contribution is -0.148. The van der Waals surface area contributed by atoms with Crippen LogP contribution < -0.4 is 11.1 Å². The molecular formula is C11H20N2O3. The summed E-state index contributed by atoms with van der Waals surface area (Å²) in [5.74, 6) is -1.34. The minimum Gasteiger partial charge on any atom is -0.480 e.